The van der Waals surface area contributed by atoms with Crippen LogP contribution in [0.15, 0.2) is 53.6 Å². The van der Waals surface area contributed by atoms with E-state index in [1.807, 2.05) is 0 Å². The number of para-hydroxylation sites is 1. The number of hydrogen-bond acceptors (Lipinski definition) is 4. The minimum atomic E-state index is -0.619. The van der Waals surface area contributed by atoms with E-state index >= 15 is 0 Å². The number of amides is 2. The molecule has 3 N–H and O–H groups in total. The zero-order valence-corrected chi connectivity index (χ0v) is 12.7. The third-order valence-corrected chi connectivity index (χ3v) is 3.09. The number of hydrazone groups is 1. The van der Waals surface area contributed by atoms with E-state index in [9.17, 15) is 19.1 Å². The Labute approximate surface area is 138 Å². The largest absolute Gasteiger partial charge is 0.507 e. The van der Waals surface area contributed by atoms with Crippen molar-refractivity contribution in [2.24, 2.45) is 5.10 Å². The number of phenolic OH excluding ortho intramolecular Hbond substituents is 1. The highest BCUT2D eigenvalue weighted by molar-refractivity contribution is 5.94. The molecule has 24 heavy (non-hydrogen) atoms. The van der Waals surface area contributed by atoms with Crippen LogP contribution in [0.1, 0.15) is 22.3 Å². The highest BCUT2D eigenvalue weighted by Gasteiger charge is 2.10. The van der Waals surface area contributed by atoms with Crippen LogP contribution in [0.5, 0.6) is 5.75 Å². The van der Waals surface area contributed by atoms with Crippen molar-refractivity contribution < 1.29 is 19.1 Å². The highest BCUT2D eigenvalue weighted by atomic mass is 19.1. The molecule has 124 valence electrons. The Bertz CT molecular complexity index is 762. The van der Waals surface area contributed by atoms with E-state index in [-0.39, 0.29) is 24.3 Å². The van der Waals surface area contributed by atoms with Gasteiger partial charge in [0.25, 0.3) is 5.91 Å². The number of phenols is 1. The fourth-order valence-electron chi connectivity index (χ4n) is 1.86. The molecule has 0 bridgehead atoms. The van der Waals surface area contributed by atoms with E-state index in [1.54, 1.807) is 24.3 Å². The van der Waals surface area contributed by atoms with Crippen LogP contribution in [-0.2, 0) is 4.79 Å². The van der Waals surface area contributed by atoms with E-state index in [1.165, 1.54) is 30.5 Å². The summed E-state index contributed by atoms with van der Waals surface area (Å²) in [5.74, 6) is -1.58. The molecular weight excluding hydrogens is 313 g/mol. The molecule has 0 aromatic heterocycles. The maximum Gasteiger partial charge on any atom is 0.254 e. The monoisotopic (exact) mass is 329 g/mol. The van der Waals surface area contributed by atoms with Crippen LogP contribution < -0.4 is 10.7 Å². The van der Waals surface area contributed by atoms with Crippen LogP contribution in [0.2, 0.25) is 0 Å². The molecule has 2 aromatic carbocycles. The zero-order chi connectivity index (χ0) is 17.4. The second kappa shape index (κ2) is 8.42. The molecule has 0 saturated heterocycles. The number of nitrogens with zero attached hydrogens (tertiary/aromatic N) is 1. The quantitative estimate of drug-likeness (QED) is 0.557. The summed E-state index contributed by atoms with van der Waals surface area (Å²) in [5, 5.41) is 15.7. The molecule has 0 aliphatic rings. The maximum absolute atomic E-state index is 13.4. The summed E-state index contributed by atoms with van der Waals surface area (Å²) < 4.78 is 13.4. The normalized spacial score (nSPS) is 10.5. The first-order chi connectivity index (χ1) is 11.6. The number of hydrogen-bond donors (Lipinski definition) is 3. The van der Waals surface area contributed by atoms with Gasteiger partial charge in [-0.2, -0.15) is 5.10 Å². The molecule has 0 heterocycles. The zero-order valence-electron chi connectivity index (χ0n) is 12.7. The Balaban J connectivity index is 1.75. The smallest absolute Gasteiger partial charge is 0.254 e. The van der Waals surface area contributed by atoms with Crippen molar-refractivity contribution in [2.45, 2.75) is 6.42 Å². The first-order valence-electron chi connectivity index (χ1n) is 7.20. The summed E-state index contributed by atoms with van der Waals surface area (Å²) in [7, 11) is 0. The summed E-state index contributed by atoms with van der Waals surface area (Å²) in [6.07, 6.45) is 1.30. The molecule has 0 atom stereocenters. The van der Waals surface area contributed by atoms with E-state index in [0.717, 1.165) is 0 Å². The second-order valence-corrected chi connectivity index (χ2v) is 4.84. The van der Waals surface area contributed by atoms with E-state index in [2.05, 4.69) is 15.8 Å². The number of nitrogens with one attached hydrogen (secondary N) is 2. The first kappa shape index (κ1) is 17.1. The van der Waals surface area contributed by atoms with Crippen LogP contribution in [0.4, 0.5) is 4.39 Å². The Kier molecular flexibility index (Phi) is 6.01. The molecule has 2 amide bonds. The number of aromatic hydroxyl groups is 1. The van der Waals surface area contributed by atoms with Crippen LogP contribution >= 0.6 is 0 Å². The fraction of sp³-hybridized carbons (Fsp3) is 0.118. The molecule has 0 aliphatic carbocycles. The lowest BCUT2D eigenvalue weighted by atomic mass is 10.2. The Morgan fingerprint density at radius 3 is 2.58 bits per heavy atom. The number of carbonyl (C=O) groups excluding carboxylic acids is 2. The van der Waals surface area contributed by atoms with Gasteiger partial charge < -0.3 is 10.4 Å². The van der Waals surface area contributed by atoms with Gasteiger partial charge in [0.15, 0.2) is 0 Å². The van der Waals surface area contributed by atoms with Crippen molar-refractivity contribution in [3.8, 4) is 5.75 Å². The second-order valence-electron chi connectivity index (χ2n) is 4.84. The number of halogens is 1. The molecule has 0 radical (unpaired) electrons. The molecule has 2 rings (SSSR count). The lowest BCUT2D eigenvalue weighted by molar-refractivity contribution is -0.120. The lowest BCUT2D eigenvalue weighted by Crippen LogP contribution is -2.29. The molecule has 0 spiro atoms. The third kappa shape index (κ3) is 4.91. The first-order valence-corrected chi connectivity index (χ1v) is 7.20. The summed E-state index contributed by atoms with van der Waals surface area (Å²) in [5.41, 5.74) is 2.67. The van der Waals surface area contributed by atoms with Crippen LogP contribution in [0, 0.1) is 5.82 Å². The number of rotatable bonds is 6. The molecule has 6 nitrogen and oxygen atoms in total. The highest BCUT2D eigenvalue weighted by Crippen LogP contribution is 2.12. The summed E-state index contributed by atoms with van der Waals surface area (Å²) >= 11 is 0. The summed E-state index contributed by atoms with van der Waals surface area (Å²) in [6.45, 7) is 0.0467. The van der Waals surface area contributed by atoms with E-state index in [0.29, 0.717) is 5.56 Å². The van der Waals surface area contributed by atoms with Gasteiger partial charge in [-0.05, 0) is 24.3 Å². The summed E-state index contributed by atoms with van der Waals surface area (Å²) in [4.78, 5) is 23.3. The van der Waals surface area contributed by atoms with Gasteiger partial charge in [0.2, 0.25) is 5.91 Å². The van der Waals surface area contributed by atoms with Crippen molar-refractivity contribution in [3.63, 3.8) is 0 Å². The van der Waals surface area contributed by atoms with Gasteiger partial charge in [0.05, 0.1) is 11.8 Å². The lowest BCUT2D eigenvalue weighted by Gasteiger charge is -2.05. The Morgan fingerprint density at radius 1 is 1.12 bits per heavy atom. The number of benzene rings is 2. The van der Waals surface area contributed by atoms with Crippen LogP contribution in [0.3, 0.4) is 0 Å². The van der Waals surface area contributed by atoms with Crippen LogP contribution in [0.25, 0.3) is 0 Å². The van der Waals surface area contributed by atoms with Crippen molar-refractivity contribution >= 4 is 18.0 Å². The molecular formula is C17H16FN3O3. The van der Waals surface area contributed by atoms with Gasteiger partial charge in [-0.25, -0.2) is 9.82 Å². The average Bonchev–Trinajstić information content (AvgIpc) is 2.57. The minimum absolute atomic E-state index is 0.0156. The molecule has 2 aromatic rings. The molecule has 0 aliphatic heterocycles. The van der Waals surface area contributed by atoms with Crippen molar-refractivity contribution in [2.75, 3.05) is 6.54 Å². The molecule has 7 heteroatoms. The van der Waals surface area contributed by atoms with Gasteiger partial charge in [-0.15, -0.1) is 0 Å². The van der Waals surface area contributed by atoms with Gasteiger partial charge >= 0.3 is 0 Å². The van der Waals surface area contributed by atoms with Gasteiger partial charge in [-0.3, -0.25) is 9.59 Å². The average molecular weight is 329 g/mol. The minimum Gasteiger partial charge on any atom is -0.507 e. The van der Waals surface area contributed by atoms with Gasteiger partial charge in [-0.1, -0.05) is 24.3 Å². The summed E-state index contributed by atoms with van der Waals surface area (Å²) in [6, 6.07) is 12.1. The van der Waals surface area contributed by atoms with Gasteiger partial charge in [0, 0.05) is 18.5 Å². The Morgan fingerprint density at radius 2 is 1.83 bits per heavy atom. The molecule has 0 unspecified atom stereocenters. The predicted molar refractivity (Wildman–Crippen MR) is 87.2 cm³/mol. The molecule has 0 fully saturated rings. The van der Waals surface area contributed by atoms with Crippen molar-refractivity contribution in [3.05, 3.63) is 65.5 Å². The fourth-order valence-corrected chi connectivity index (χ4v) is 1.86. The van der Waals surface area contributed by atoms with Crippen LogP contribution in [-0.4, -0.2) is 29.7 Å². The van der Waals surface area contributed by atoms with Gasteiger partial charge in [0.1, 0.15) is 11.6 Å². The predicted octanol–water partition coefficient (Wildman–Crippen LogP) is 1.80. The van der Waals surface area contributed by atoms with Crippen molar-refractivity contribution in [1.82, 2.24) is 10.7 Å². The van der Waals surface area contributed by atoms with E-state index < -0.39 is 17.6 Å². The molecule has 0 saturated carbocycles. The number of carbonyl (C=O) groups is 2. The van der Waals surface area contributed by atoms with Crippen molar-refractivity contribution in [1.29, 1.82) is 0 Å². The standard InChI is InChI=1S/C17H16FN3O3/c18-14-7-3-2-6-13(14)17(24)19-10-9-16(23)21-20-11-12-5-1-4-8-15(12)22/h1-8,11,22H,9-10H2,(H,19,24)(H,21,23)/b20-11+. The van der Waals surface area contributed by atoms with E-state index in [4.69, 9.17) is 0 Å². The third-order valence-electron chi connectivity index (χ3n) is 3.09. The maximum atomic E-state index is 13.4. The Hall–Kier alpha value is -3.22. The topological polar surface area (TPSA) is 90.8 Å². The SMILES string of the molecule is O=C(CCNC(=O)c1ccccc1F)N/N=C/c1ccccc1O.